The molecule has 152 valence electrons. The molecule has 0 atom stereocenters. The highest BCUT2D eigenvalue weighted by Gasteiger charge is 2.26. The number of aliphatic hydroxyl groups excluding tert-OH is 1. The number of hydrogen-bond acceptors (Lipinski definition) is 8. The lowest BCUT2D eigenvalue weighted by molar-refractivity contribution is 0.162. The Labute approximate surface area is 169 Å². The molecule has 0 unspecified atom stereocenters. The molecule has 1 aliphatic rings. The molecule has 3 N–H and O–H groups in total. The third kappa shape index (κ3) is 3.76. The zero-order chi connectivity index (χ0) is 20.6. The summed E-state index contributed by atoms with van der Waals surface area (Å²) in [6.07, 6.45) is 0. The van der Waals surface area contributed by atoms with Gasteiger partial charge in [-0.1, -0.05) is 19.0 Å². The van der Waals surface area contributed by atoms with Gasteiger partial charge in [0.25, 0.3) is 5.89 Å². The number of methoxy groups -OCH3 is 1. The van der Waals surface area contributed by atoms with Gasteiger partial charge in [-0.3, -0.25) is 5.01 Å². The van der Waals surface area contributed by atoms with Crippen LogP contribution < -0.4 is 20.7 Å². The van der Waals surface area contributed by atoms with Crippen molar-refractivity contribution in [1.29, 1.82) is 0 Å². The fourth-order valence-electron chi connectivity index (χ4n) is 3.25. The molecule has 0 saturated heterocycles. The van der Waals surface area contributed by atoms with Gasteiger partial charge in [-0.2, -0.15) is 4.98 Å². The van der Waals surface area contributed by atoms with Crippen molar-refractivity contribution >= 4 is 11.4 Å². The molecular formula is C21H25N5O3. The third-order valence-electron chi connectivity index (χ3n) is 4.98. The molecule has 0 radical (unpaired) electrons. The molecular weight excluding hydrogens is 370 g/mol. The van der Waals surface area contributed by atoms with Crippen LogP contribution in [-0.4, -0.2) is 35.5 Å². The molecule has 8 heteroatoms. The maximum atomic E-state index is 9.53. The zero-order valence-electron chi connectivity index (χ0n) is 17.0. The monoisotopic (exact) mass is 395 g/mol. The predicted octanol–water partition coefficient (Wildman–Crippen LogP) is 3.39. The molecule has 4 rings (SSSR count). The number of aryl methyl sites for hydroxylation is 1. The number of hydrogen-bond donors (Lipinski definition) is 3. The second-order valence-electron chi connectivity index (χ2n) is 7.98. The lowest BCUT2D eigenvalue weighted by Crippen LogP contribution is -2.43. The molecule has 1 aliphatic heterocycles. The van der Waals surface area contributed by atoms with Crippen molar-refractivity contribution in [2.45, 2.75) is 20.8 Å². The van der Waals surface area contributed by atoms with E-state index in [4.69, 9.17) is 9.26 Å². The Hall–Kier alpha value is -3.10. The summed E-state index contributed by atoms with van der Waals surface area (Å²) in [5, 5.41) is 15.7. The first-order valence-electron chi connectivity index (χ1n) is 9.43. The molecule has 0 saturated carbocycles. The quantitative estimate of drug-likeness (QED) is 0.585. The highest BCUT2D eigenvalue weighted by atomic mass is 16.5. The highest BCUT2D eigenvalue weighted by Crippen LogP contribution is 2.35. The Balaban J connectivity index is 1.58. The van der Waals surface area contributed by atoms with Crippen molar-refractivity contribution in [1.82, 2.24) is 15.7 Å². The smallest absolute Gasteiger partial charge is 0.258 e. The SMILES string of the molecule is COc1ccc(-c2nc(-c3ccc4c(c3)NNN4CC(C)(C)CO)no2)c(C)c1. The van der Waals surface area contributed by atoms with Crippen molar-refractivity contribution in [2.75, 3.05) is 30.7 Å². The Bertz CT molecular complexity index is 1030. The average molecular weight is 395 g/mol. The minimum atomic E-state index is -0.228. The minimum absolute atomic E-state index is 0.106. The minimum Gasteiger partial charge on any atom is -0.497 e. The van der Waals surface area contributed by atoms with Crippen molar-refractivity contribution in [3.05, 3.63) is 42.0 Å². The summed E-state index contributed by atoms with van der Waals surface area (Å²) >= 11 is 0. The van der Waals surface area contributed by atoms with Gasteiger partial charge in [0.15, 0.2) is 0 Å². The van der Waals surface area contributed by atoms with E-state index < -0.39 is 0 Å². The van der Waals surface area contributed by atoms with Crippen LogP contribution in [0.1, 0.15) is 19.4 Å². The van der Waals surface area contributed by atoms with Crippen LogP contribution in [0.2, 0.25) is 0 Å². The number of aromatic nitrogens is 2. The first-order valence-corrected chi connectivity index (χ1v) is 9.43. The molecule has 2 aromatic carbocycles. The summed E-state index contributed by atoms with van der Waals surface area (Å²) in [6, 6.07) is 11.7. The van der Waals surface area contributed by atoms with E-state index in [2.05, 4.69) is 21.1 Å². The number of ether oxygens (including phenoxy) is 1. The maximum Gasteiger partial charge on any atom is 0.258 e. The summed E-state index contributed by atoms with van der Waals surface area (Å²) in [4.78, 5) is 4.57. The summed E-state index contributed by atoms with van der Waals surface area (Å²) in [5.41, 5.74) is 10.7. The average Bonchev–Trinajstić information content (AvgIpc) is 3.35. The van der Waals surface area contributed by atoms with Crippen LogP contribution in [-0.2, 0) is 0 Å². The van der Waals surface area contributed by atoms with E-state index >= 15 is 0 Å². The van der Waals surface area contributed by atoms with Gasteiger partial charge in [0.1, 0.15) is 5.75 Å². The van der Waals surface area contributed by atoms with Crippen molar-refractivity contribution in [3.8, 4) is 28.6 Å². The Morgan fingerprint density at radius 2 is 2.03 bits per heavy atom. The predicted molar refractivity (Wildman–Crippen MR) is 111 cm³/mol. The van der Waals surface area contributed by atoms with Crippen LogP contribution in [0, 0.1) is 12.3 Å². The van der Waals surface area contributed by atoms with Crippen LogP contribution in [0.5, 0.6) is 5.75 Å². The van der Waals surface area contributed by atoms with Gasteiger partial charge in [-0.05, 0) is 48.9 Å². The second kappa shape index (κ2) is 7.38. The van der Waals surface area contributed by atoms with E-state index in [1.54, 1.807) is 7.11 Å². The Kier molecular flexibility index (Phi) is 4.89. The van der Waals surface area contributed by atoms with Crippen molar-refractivity contribution in [3.63, 3.8) is 0 Å². The first kappa shape index (κ1) is 19.2. The Morgan fingerprint density at radius 3 is 2.76 bits per heavy atom. The first-order chi connectivity index (χ1) is 13.9. The molecule has 3 aromatic rings. The number of nitrogens with one attached hydrogen (secondary N) is 2. The van der Waals surface area contributed by atoms with Crippen molar-refractivity contribution < 1.29 is 14.4 Å². The lowest BCUT2D eigenvalue weighted by Gasteiger charge is -2.28. The normalized spacial score (nSPS) is 13.3. The number of rotatable bonds is 6. The van der Waals surface area contributed by atoms with E-state index in [0.29, 0.717) is 18.3 Å². The van der Waals surface area contributed by atoms with Gasteiger partial charge < -0.3 is 19.8 Å². The number of hydrazine groups is 2. The Morgan fingerprint density at radius 1 is 1.21 bits per heavy atom. The van der Waals surface area contributed by atoms with E-state index in [1.807, 2.05) is 62.2 Å². The molecule has 0 bridgehead atoms. The van der Waals surface area contributed by atoms with Gasteiger partial charge in [-0.15, -0.1) is 5.53 Å². The molecule has 0 fully saturated rings. The summed E-state index contributed by atoms with van der Waals surface area (Å²) in [6.45, 7) is 6.78. The fraction of sp³-hybridized carbons (Fsp3) is 0.333. The number of anilines is 2. The number of aliphatic hydroxyl groups is 1. The molecule has 0 spiro atoms. The molecule has 2 heterocycles. The fourth-order valence-corrected chi connectivity index (χ4v) is 3.25. The van der Waals surface area contributed by atoms with E-state index in [-0.39, 0.29) is 12.0 Å². The van der Waals surface area contributed by atoms with E-state index in [0.717, 1.165) is 33.8 Å². The van der Waals surface area contributed by atoms with Gasteiger partial charge in [0, 0.05) is 29.7 Å². The van der Waals surface area contributed by atoms with E-state index in [1.165, 1.54) is 0 Å². The zero-order valence-corrected chi connectivity index (χ0v) is 17.0. The largest absolute Gasteiger partial charge is 0.497 e. The molecule has 0 amide bonds. The topological polar surface area (TPSA) is 95.7 Å². The van der Waals surface area contributed by atoms with Gasteiger partial charge in [-0.25, -0.2) is 0 Å². The van der Waals surface area contributed by atoms with Crippen LogP contribution in [0.15, 0.2) is 40.9 Å². The van der Waals surface area contributed by atoms with Crippen LogP contribution >= 0.6 is 0 Å². The molecule has 29 heavy (non-hydrogen) atoms. The van der Waals surface area contributed by atoms with Gasteiger partial charge in [0.05, 0.1) is 18.5 Å². The summed E-state index contributed by atoms with van der Waals surface area (Å²) < 4.78 is 10.8. The van der Waals surface area contributed by atoms with Crippen molar-refractivity contribution in [2.24, 2.45) is 5.41 Å². The third-order valence-corrected chi connectivity index (χ3v) is 4.98. The maximum absolute atomic E-state index is 9.53. The number of nitrogens with zero attached hydrogens (tertiary/aromatic N) is 3. The molecule has 0 aliphatic carbocycles. The van der Waals surface area contributed by atoms with Crippen LogP contribution in [0.25, 0.3) is 22.8 Å². The second-order valence-corrected chi connectivity index (χ2v) is 7.98. The molecule has 1 aromatic heterocycles. The van der Waals surface area contributed by atoms with Crippen LogP contribution in [0.4, 0.5) is 11.4 Å². The summed E-state index contributed by atoms with van der Waals surface area (Å²) in [7, 11) is 1.64. The highest BCUT2D eigenvalue weighted by molar-refractivity contribution is 5.78. The van der Waals surface area contributed by atoms with Crippen LogP contribution in [0.3, 0.4) is 0 Å². The lowest BCUT2D eigenvalue weighted by atomic mass is 9.94. The standard InChI is InChI=1S/C21H25N5O3/c1-13-9-15(28-4)6-7-16(13)20-22-19(24-29-20)14-5-8-18-17(10-14)23-25-26(18)11-21(2,3)12-27/h5-10,23,25,27H,11-12H2,1-4H3. The number of benzene rings is 2. The van der Waals surface area contributed by atoms with Gasteiger partial charge in [0.2, 0.25) is 5.82 Å². The number of fused-ring (bicyclic) bond motifs is 1. The molecule has 8 nitrogen and oxygen atoms in total. The summed E-state index contributed by atoms with van der Waals surface area (Å²) in [5.74, 6) is 1.78. The van der Waals surface area contributed by atoms with E-state index in [9.17, 15) is 5.11 Å². The van der Waals surface area contributed by atoms with Gasteiger partial charge >= 0.3 is 0 Å².